The Kier molecular flexibility index (Phi) is 10.1. The summed E-state index contributed by atoms with van der Waals surface area (Å²) in [7, 11) is 0. The standard InChI is InChI=1S/C50H34.C13H10/c1-5-17-35(18-6-1)39-29-40(36-19-7-2-8-20-36)32-43(31-39)49-45-25-13-15-27-47(45)50(48-28-16-14-26-46(48)49)44-33-41(37-21-9-3-10-22-37)30-42(34-44)38-23-11-4-12-24-38;1-3-7-12-10(5-1)9-11-6-2-4-8-13(11)12/h1-34H;1-8H,9H2. The first kappa shape index (κ1) is 37.9. The second-order valence-corrected chi connectivity index (χ2v) is 16.4. The third kappa shape index (κ3) is 7.43. The fourth-order valence-electron chi connectivity index (χ4n) is 9.56. The number of rotatable bonds is 6. The third-order valence-electron chi connectivity index (χ3n) is 12.5. The van der Waals surface area contributed by atoms with Crippen molar-refractivity contribution in [1.29, 1.82) is 0 Å². The van der Waals surface area contributed by atoms with Crippen LogP contribution in [0.5, 0.6) is 0 Å². The molecular weight excluding hydrogens is 757 g/mol. The third-order valence-corrected chi connectivity index (χ3v) is 12.5. The lowest BCUT2D eigenvalue weighted by atomic mass is 9.83. The molecule has 11 aromatic rings. The summed E-state index contributed by atoms with van der Waals surface area (Å²) >= 11 is 0. The van der Waals surface area contributed by atoms with E-state index in [0.29, 0.717) is 0 Å². The van der Waals surface area contributed by atoms with Gasteiger partial charge in [0.1, 0.15) is 0 Å². The largest absolute Gasteiger partial charge is 0.0622 e. The Morgan fingerprint density at radius 1 is 0.190 bits per heavy atom. The van der Waals surface area contributed by atoms with Gasteiger partial charge in [-0.25, -0.2) is 0 Å². The van der Waals surface area contributed by atoms with Crippen LogP contribution in [0.1, 0.15) is 11.1 Å². The van der Waals surface area contributed by atoms with E-state index in [1.807, 2.05) is 0 Å². The van der Waals surface area contributed by atoms with Gasteiger partial charge in [0.15, 0.2) is 0 Å². The lowest BCUT2D eigenvalue weighted by molar-refractivity contribution is 1.26. The molecule has 0 bridgehead atoms. The van der Waals surface area contributed by atoms with Crippen molar-refractivity contribution in [2.24, 2.45) is 0 Å². The molecule has 0 amide bonds. The maximum Gasteiger partial charge on any atom is -0.00135 e. The van der Waals surface area contributed by atoms with Crippen LogP contribution in [0.4, 0.5) is 0 Å². The van der Waals surface area contributed by atoms with Crippen LogP contribution in [0.25, 0.3) is 99.4 Å². The summed E-state index contributed by atoms with van der Waals surface area (Å²) in [6, 6.07) is 92.3. The number of benzene rings is 11. The average Bonchev–Trinajstić information content (AvgIpc) is 3.75. The van der Waals surface area contributed by atoms with E-state index in [1.165, 1.54) is 111 Å². The fraction of sp³-hybridized carbons (Fsp3) is 0.0159. The summed E-state index contributed by atoms with van der Waals surface area (Å²) in [5, 5.41) is 4.99. The lowest BCUT2D eigenvalue weighted by Gasteiger charge is -2.20. The highest BCUT2D eigenvalue weighted by Gasteiger charge is 2.20. The van der Waals surface area contributed by atoms with E-state index in [0.717, 1.165) is 6.42 Å². The molecule has 1 aliphatic carbocycles. The van der Waals surface area contributed by atoms with Crippen molar-refractivity contribution in [2.75, 3.05) is 0 Å². The summed E-state index contributed by atoms with van der Waals surface area (Å²) in [6.45, 7) is 0. The Labute approximate surface area is 370 Å². The van der Waals surface area contributed by atoms with Gasteiger partial charge in [0.2, 0.25) is 0 Å². The molecule has 296 valence electrons. The SMILES string of the molecule is c1ccc(-c2cc(-c3ccccc3)cc(-c3c4ccccc4c(-c4cc(-c5ccccc5)cc(-c5ccccc5)c4)c4ccccc34)c2)cc1.c1ccc2c(c1)Cc1ccccc1-2. The van der Waals surface area contributed by atoms with E-state index in [1.54, 1.807) is 0 Å². The molecule has 0 aliphatic heterocycles. The molecule has 0 atom stereocenters. The number of fused-ring (bicyclic) bond motifs is 5. The summed E-state index contributed by atoms with van der Waals surface area (Å²) in [6.07, 6.45) is 1.10. The van der Waals surface area contributed by atoms with Gasteiger partial charge in [-0.2, -0.15) is 0 Å². The minimum Gasteiger partial charge on any atom is -0.0622 e. The van der Waals surface area contributed by atoms with Gasteiger partial charge in [-0.3, -0.25) is 0 Å². The first-order valence-electron chi connectivity index (χ1n) is 21.9. The molecule has 0 heteroatoms. The van der Waals surface area contributed by atoms with E-state index in [-0.39, 0.29) is 0 Å². The van der Waals surface area contributed by atoms with Crippen LogP contribution in [-0.2, 0) is 6.42 Å². The number of hydrogen-bond donors (Lipinski definition) is 0. The topological polar surface area (TPSA) is 0 Å². The van der Waals surface area contributed by atoms with E-state index in [2.05, 4.69) is 255 Å². The first-order valence-corrected chi connectivity index (χ1v) is 21.9. The summed E-state index contributed by atoms with van der Waals surface area (Å²) in [5.41, 5.74) is 20.4. The quantitative estimate of drug-likeness (QED) is 0.147. The zero-order chi connectivity index (χ0) is 42.0. The van der Waals surface area contributed by atoms with Gasteiger partial charge in [0, 0.05) is 0 Å². The van der Waals surface area contributed by atoms with Crippen LogP contribution in [0.3, 0.4) is 0 Å². The van der Waals surface area contributed by atoms with Gasteiger partial charge < -0.3 is 0 Å². The van der Waals surface area contributed by atoms with Crippen molar-refractivity contribution < 1.29 is 0 Å². The molecule has 11 aromatic carbocycles. The van der Waals surface area contributed by atoms with E-state index < -0.39 is 0 Å². The maximum atomic E-state index is 2.37. The molecule has 0 spiro atoms. The smallest absolute Gasteiger partial charge is 0.00135 e. The predicted molar refractivity (Wildman–Crippen MR) is 269 cm³/mol. The van der Waals surface area contributed by atoms with Gasteiger partial charge in [0.05, 0.1) is 0 Å². The van der Waals surface area contributed by atoms with Crippen LogP contribution in [0, 0.1) is 0 Å². The Balaban J connectivity index is 0.000000290. The summed E-state index contributed by atoms with van der Waals surface area (Å²) < 4.78 is 0. The van der Waals surface area contributed by atoms with Gasteiger partial charge in [-0.15, -0.1) is 0 Å². The van der Waals surface area contributed by atoms with E-state index in [9.17, 15) is 0 Å². The van der Waals surface area contributed by atoms with Crippen LogP contribution in [0.2, 0.25) is 0 Å². The van der Waals surface area contributed by atoms with E-state index in [4.69, 9.17) is 0 Å². The van der Waals surface area contributed by atoms with Gasteiger partial charge >= 0.3 is 0 Å². The number of hydrogen-bond acceptors (Lipinski definition) is 0. The molecular formula is C63H44. The minimum atomic E-state index is 1.10. The van der Waals surface area contributed by atoms with Crippen molar-refractivity contribution in [2.45, 2.75) is 6.42 Å². The van der Waals surface area contributed by atoms with Gasteiger partial charge in [-0.1, -0.05) is 218 Å². The van der Waals surface area contributed by atoms with Crippen LogP contribution in [-0.4, -0.2) is 0 Å². The molecule has 1 aliphatic rings. The summed E-state index contributed by atoms with van der Waals surface area (Å²) in [4.78, 5) is 0. The fourth-order valence-corrected chi connectivity index (χ4v) is 9.56. The lowest BCUT2D eigenvalue weighted by Crippen LogP contribution is -1.93. The Bertz CT molecular complexity index is 2980. The normalized spacial score (nSPS) is 11.4. The molecule has 0 saturated carbocycles. The zero-order valence-electron chi connectivity index (χ0n) is 35.0. The van der Waals surface area contributed by atoms with Crippen molar-refractivity contribution in [1.82, 2.24) is 0 Å². The first-order chi connectivity index (χ1) is 31.2. The summed E-state index contributed by atoms with van der Waals surface area (Å²) in [5.74, 6) is 0. The molecule has 0 nitrogen and oxygen atoms in total. The second-order valence-electron chi connectivity index (χ2n) is 16.4. The minimum absolute atomic E-state index is 1.10. The Morgan fingerprint density at radius 3 is 0.730 bits per heavy atom. The molecule has 63 heavy (non-hydrogen) atoms. The Hall–Kier alpha value is -8.06. The van der Waals surface area contributed by atoms with Crippen molar-refractivity contribution in [3.05, 3.63) is 266 Å². The average molecular weight is 801 g/mol. The van der Waals surface area contributed by atoms with Gasteiger partial charge in [-0.05, 0) is 153 Å². The molecule has 0 saturated heterocycles. The Morgan fingerprint density at radius 2 is 0.429 bits per heavy atom. The predicted octanol–water partition coefficient (Wildman–Crippen LogP) is 17.3. The van der Waals surface area contributed by atoms with E-state index >= 15 is 0 Å². The molecule has 0 fully saturated rings. The van der Waals surface area contributed by atoms with Crippen molar-refractivity contribution in [3.8, 4) is 77.9 Å². The van der Waals surface area contributed by atoms with Crippen molar-refractivity contribution in [3.63, 3.8) is 0 Å². The second kappa shape index (κ2) is 16.8. The molecule has 12 rings (SSSR count). The molecule has 0 N–H and O–H groups in total. The molecule has 0 heterocycles. The highest BCUT2D eigenvalue weighted by Crippen LogP contribution is 2.46. The molecule has 0 radical (unpaired) electrons. The van der Waals surface area contributed by atoms with Crippen LogP contribution >= 0.6 is 0 Å². The maximum absolute atomic E-state index is 2.37. The highest BCUT2D eigenvalue weighted by molar-refractivity contribution is 6.22. The monoisotopic (exact) mass is 800 g/mol. The van der Waals surface area contributed by atoms with Crippen LogP contribution in [0.15, 0.2) is 255 Å². The van der Waals surface area contributed by atoms with Crippen molar-refractivity contribution >= 4 is 21.5 Å². The van der Waals surface area contributed by atoms with Gasteiger partial charge in [0.25, 0.3) is 0 Å². The molecule has 0 unspecified atom stereocenters. The highest BCUT2D eigenvalue weighted by atomic mass is 14.2. The van der Waals surface area contributed by atoms with Crippen LogP contribution < -0.4 is 0 Å². The zero-order valence-corrected chi connectivity index (χ0v) is 35.0. The molecule has 0 aromatic heterocycles.